The standard InChI is InChI=1S/C40H66N6O3/c1-26(2)27-15-20-40(35(49)42-24-12-10-8-9-11-23-41-33(48)25-32-43-45-46-44-32)22-21-38(6)28(34(27)40)13-14-30-37(5)18-17-31(47)36(3,4)29(37)16-19-39(30,38)7/h27-31,34,47H,1,8-25H2,2-7H3,(H,41,48)(H,42,49)(H,43,44,45,46)/t27-,28-,29-,30+,31-,34+,37-,38+,39+,40-/m0/s1. The number of rotatable bonds is 12. The van der Waals surface area contributed by atoms with Gasteiger partial charge in [-0.3, -0.25) is 9.59 Å². The molecule has 274 valence electrons. The lowest BCUT2D eigenvalue weighted by Gasteiger charge is -2.72. The largest absolute Gasteiger partial charge is 0.393 e. The number of nitrogens with zero attached hydrogens (tertiary/aromatic N) is 3. The topological polar surface area (TPSA) is 133 Å². The van der Waals surface area contributed by atoms with Crippen molar-refractivity contribution in [2.24, 2.45) is 56.7 Å². The Hall–Kier alpha value is -2.29. The fraction of sp³-hybridized carbons (Fsp3) is 0.875. The van der Waals surface area contributed by atoms with Crippen molar-refractivity contribution in [2.75, 3.05) is 13.1 Å². The smallest absolute Gasteiger partial charge is 0.227 e. The Morgan fingerprint density at radius 1 is 0.837 bits per heavy atom. The molecule has 2 amide bonds. The van der Waals surface area contributed by atoms with Crippen LogP contribution in [0.15, 0.2) is 12.2 Å². The van der Waals surface area contributed by atoms with E-state index in [9.17, 15) is 14.7 Å². The van der Waals surface area contributed by atoms with Gasteiger partial charge in [-0.1, -0.05) is 71.2 Å². The third kappa shape index (κ3) is 6.09. The molecule has 1 heterocycles. The minimum Gasteiger partial charge on any atom is -0.393 e. The highest BCUT2D eigenvalue weighted by atomic mass is 16.3. The first-order chi connectivity index (χ1) is 23.2. The zero-order valence-corrected chi connectivity index (χ0v) is 31.5. The van der Waals surface area contributed by atoms with Crippen molar-refractivity contribution < 1.29 is 14.7 Å². The summed E-state index contributed by atoms with van der Waals surface area (Å²) >= 11 is 0. The molecule has 9 nitrogen and oxygen atoms in total. The van der Waals surface area contributed by atoms with Crippen LogP contribution in [0.5, 0.6) is 0 Å². The van der Waals surface area contributed by atoms with Crippen molar-refractivity contribution in [3.63, 3.8) is 0 Å². The van der Waals surface area contributed by atoms with E-state index in [1.54, 1.807) is 0 Å². The van der Waals surface area contributed by atoms with E-state index in [4.69, 9.17) is 0 Å². The van der Waals surface area contributed by atoms with Crippen LogP contribution in [0.4, 0.5) is 0 Å². The third-order valence-corrected chi connectivity index (χ3v) is 16.2. The summed E-state index contributed by atoms with van der Waals surface area (Å²) in [4.78, 5) is 26.4. The SMILES string of the molecule is C=C(C)[C@@H]1CC[C@]2(C(=O)NCCCCCCCNC(=O)Cc3nn[nH]n3)CC[C@]3(C)[C@@H](CC[C@@H]4[C@@]5(C)CC[C@H](O)C(C)(C)[C@@H]5CC[C@]43C)[C@@H]12. The van der Waals surface area contributed by atoms with E-state index < -0.39 is 0 Å². The van der Waals surface area contributed by atoms with E-state index in [2.05, 4.69) is 79.4 Å². The summed E-state index contributed by atoms with van der Waals surface area (Å²) in [5.74, 6) is 3.25. The number of nitrogens with one attached hydrogen (secondary N) is 3. The number of unbranched alkanes of at least 4 members (excludes halogenated alkanes) is 4. The Labute approximate surface area is 295 Å². The Balaban J connectivity index is 1.06. The second kappa shape index (κ2) is 13.7. The number of H-pyrrole nitrogens is 1. The molecule has 5 fully saturated rings. The first kappa shape index (κ1) is 36.5. The first-order valence-corrected chi connectivity index (χ1v) is 19.8. The molecule has 10 atom stereocenters. The summed E-state index contributed by atoms with van der Waals surface area (Å²) in [6, 6.07) is 0. The maximum Gasteiger partial charge on any atom is 0.227 e. The molecule has 0 saturated heterocycles. The Morgan fingerprint density at radius 3 is 2.24 bits per heavy atom. The summed E-state index contributed by atoms with van der Waals surface area (Å²) in [6.07, 6.45) is 16.4. The highest BCUT2D eigenvalue weighted by molar-refractivity contribution is 5.84. The molecule has 5 aliphatic rings. The number of carbonyl (C=O) groups is 2. The summed E-state index contributed by atoms with van der Waals surface area (Å²) in [5.41, 5.74) is 1.71. The van der Waals surface area contributed by atoms with Crippen LogP contribution in [-0.4, -0.2) is 56.7 Å². The van der Waals surface area contributed by atoms with Crippen LogP contribution < -0.4 is 10.6 Å². The van der Waals surface area contributed by atoms with Crippen LogP contribution in [0.1, 0.15) is 144 Å². The highest BCUT2D eigenvalue weighted by Crippen LogP contribution is 2.77. The second-order valence-corrected chi connectivity index (χ2v) is 18.6. The molecular formula is C40H66N6O3. The molecule has 0 aliphatic heterocycles. The maximum absolute atomic E-state index is 14.4. The minimum atomic E-state index is -0.269. The number of hydrogen-bond donors (Lipinski definition) is 4. The summed E-state index contributed by atoms with van der Waals surface area (Å²) in [6.45, 7) is 20.7. The van der Waals surface area contributed by atoms with Crippen molar-refractivity contribution in [1.29, 1.82) is 0 Å². The molecule has 0 bridgehead atoms. The third-order valence-electron chi connectivity index (χ3n) is 16.2. The number of hydrogen-bond acceptors (Lipinski definition) is 6. The number of aromatic amines is 1. The van der Waals surface area contributed by atoms with E-state index in [1.807, 2.05) is 0 Å². The van der Waals surface area contributed by atoms with Gasteiger partial charge in [0.05, 0.1) is 17.9 Å². The molecule has 49 heavy (non-hydrogen) atoms. The van der Waals surface area contributed by atoms with Gasteiger partial charge in [0, 0.05) is 13.1 Å². The molecule has 1 aromatic heterocycles. The number of fused-ring (bicyclic) bond motifs is 7. The molecule has 5 aliphatic carbocycles. The molecule has 9 heteroatoms. The Bertz CT molecular complexity index is 1360. The molecule has 4 N–H and O–H groups in total. The maximum atomic E-state index is 14.4. The van der Waals surface area contributed by atoms with Gasteiger partial charge in [-0.25, -0.2) is 0 Å². The van der Waals surface area contributed by atoms with Gasteiger partial charge in [-0.2, -0.15) is 5.21 Å². The van der Waals surface area contributed by atoms with E-state index >= 15 is 0 Å². The fourth-order valence-corrected chi connectivity index (χ4v) is 13.4. The first-order valence-electron chi connectivity index (χ1n) is 19.8. The quantitative estimate of drug-likeness (QED) is 0.140. The van der Waals surface area contributed by atoms with Crippen LogP contribution >= 0.6 is 0 Å². The van der Waals surface area contributed by atoms with Gasteiger partial charge in [-0.15, -0.1) is 10.2 Å². The van der Waals surface area contributed by atoms with Gasteiger partial charge in [0.15, 0.2) is 5.82 Å². The predicted molar refractivity (Wildman–Crippen MR) is 192 cm³/mol. The summed E-state index contributed by atoms with van der Waals surface area (Å²) in [5, 5.41) is 31.0. The zero-order valence-electron chi connectivity index (χ0n) is 31.5. The normalized spacial score (nSPS) is 40.7. The average Bonchev–Trinajstić information content (AvgIpc) is 3.71. The molecular weight excluding hydrogens is 612 g/mol. The fourth-order valence-electron chi connectivity index (χ4n) is 13.4. The summed E-state index contributed by atoms with van der Waals surface area (Å²) < 4.78 is 0. The van der Waals surface area contributed by atoms with E-state index in [0.29, 0.717) is 47.9 Å². The highest BCUT2D eigenvalue weighted by Gasteiger charge is 2.71. The van der Waals surface area contributed by atoms with Gasteiger partial charge in [0.25, 0.3) is 0 Å². The molecule has 0 aromatic carbocycles. The lowest BCUT2D eigenvalue weighted by molar-refractivity contribution is -0.246. The van der Waals surface area contributed by atoms with Gasteiger partial charge in [0.1, 0.15) is 0 Å². The monoisotopic (exact) mass is 679 g/mol. The predicted octanol–water partition coefficient (Wildman–Crippen LogP) is 6.94. The molecule has 5 saturated carbocycles. The molecule has 0 unspecified atom stereocenters. The van der Waals surface area contributed by atoms with Crippen LogP contribution in [-0.2, 0) is 16.0 Å². The number of amides is 2. The number of aromatic nitrogens is 4. The molecule has 6 rings (SSSR count). The average molecular weight is 679 g/mol. The van der Waals surface area contributed by atoms with Crippen LogP contribution in [0.2, 0.25) is 0 Å². The number of aliphatic hydroxyl groups excluding tert-OH is 1. The number of allylic oxidation sites excluding steroid dienone is 1. The van der Waals surface area contributed by atoms with Gasteiger partial charge in [0.2, 0.25) is 11.8 Å². The van der Waals surface area contributed by atoms with Crippen LogP contribution in [0.25, 0.3) is 0 Å². The minimum absolute atomic E-state index is 0.0303. The Kier molecular flexibility index (Phi) is 10.2. The van der Waals surface area contributed by atoms with Gasteiger partial charge < -0.3 is 15.7 Å². The van der Waals surface area contributed by atoms with Gasteiger partial charge in [-0.05, 0) is 135 Å². The lowest BCUT2D eigenvalue weighted by atomic mass is 9.32. The van der Waals surface area contributed by atoms with E-state index in [1.165, 1.54) is 31.3 Å². The zero-order chi connectivity index (χ0) is 35.2. The molecule has 0 radical (unpaired) electrons. The van der Waals surface area contributed by atoms with Crippen LogP contribution in [0.3, 0.4) is 0 Å². The number of aliphatic hydroxyl groups is 1. The van der Waals surface area contributed by atoms with Crippen molar-refractivity contribution in [3.8, 4) is 0 Å². The molecule has 1 aromatic rings. The van der Waals surface area contributed by atoms with Crippen molar-refractivity contribution >= 4 is 11.8 Å². The van der Waals surface area contributed by atoms with Crippen LogP contribution in [0, 0.1) is 56.7 Å². The van der Waals surface area contributed by atoms with E-state index in [0.717, 1.165) is 77.2 Å². The Morgan fingerprint density at radius 2 is 1.55 bits per heavy atom. The number of carbonyl (C=O) groups excluding carboxylic acids is 2. The van der Waals surface area contributed by atoms with Crippen molar-refractivity contribution in [2.45, 2.75) is 150 Å². The molecule has 0 spiro atoms. The van der Waals surface area contributed by atoms with Crippen molar-refractivity contribution in [1.82, 2.24) is 31.3 Å². The lowest BCUT2D eigenvalue weighted by Crippen LogP contribution is -2.67. The van der Waals surface area contributed by atoms with Crippen molar-refractivity contribution in [3.05, 3.63) is 18.0 Å². The number of tetrazole rings is 1. The second-order valence-electron chi connectivity index (χ2n) is 18.6. The van der Waals surface area contributed by atoms with Gasteiger partial charge >= 0.3 is 0 Å². The van der Waals surface area contributed by atoms with E-state index in [-0.39, 0.29) is 45.5 Å². The summed E-state index contributed by atoms with van der Waals surface area (Å²) in [7, 11) is 0.